The van der Waals surface area contributed by atoms with E-state index in [-0.39, 0.29) is 36.6 Å². The van der Waals surface area contributed by atoms with Crippen LogP contribution >= 0.6 is 0 Å². The molecule has 0 heterocycles. The monoisotopic (exact) mass is 642 g/mol. The zero-order chi connectivity index (χ0) is 31.2. The highest BCUT2D eigenvalue weighted by molar-refractivity contribution is 7.87. The number of esters is 3. The van der Waals surface area contributed by atoms with Gasteiger partial charge in [0.15, 0.2) is 0 Å². The summed E-state index contributed by atoms with van der Waals surface area (Å²) in [4.78, 5) is 39.9. The van der Waals surface area contributed by atoms with Crippen LogP contribution in [0, 0.1) is 53.3 Å². The topological polar surface area (TPSA) is 133 Å². The van der Waals surface area contributed by atoms with E-state index in [9.17, 15) is 31.6 Å². The average molecular weight is 643 g/mol. The lowest BCUT2D eigenvalue weighted by molar-refractivity contribution is -0.227. The van der Waals surface area contributed by atoms with Crippen LogP contribution in [0.2, 0.25) is 0 Å². The predicted octanol–water partition coefficient (Wildman–Crippen LogP) is 5.46. The number of hydrogen-bond acceptors (Lipinski definition) is 8. The molecule has 9 aliphatic carbocycles. The molecular formula is C32H44F2O9S. The second-order valence-corrected chi connectivity index (χ2v) is 16.9. The van der Waals surface area contributed by atoms with Crippen molar-refractivity contribution >= 4 is 28.0 Å². The molecule has 9 nitrogen and oxygen atoms in total. The van der Waals surface area contributed by atoms with Crippen LogP contribution in [-0.4, -0.2) is 53.4 Å². The number of ether oxygens (including phenoxy) is 3. The SMILES string of the molecule is CCC1(OC(=O)C2CCCCC2C(=O)OC2C3CC4CC2CC(OC(=O)C(F)(F)S(=O)(=O)O)(C4)C3)C2CC3CC(C2)CC1C3. The van der Waals surface area contributed by atoms with Gasteiger partial charge >= 0.3 is 33.3 Å². The van der Waals surface area contributed by atoms with Gasteiger partial charge in [0.1, 0.15) is 17.3 Å². The normalized spacial score (nSPS) is 45.6. The van der Waals surface area contributed by atoms with E-state index in [1.54, 1.807) is 0 Å². The van der Waals surface area contributed by atoms with E-state index < -0.39 is 56.5 Å². The molecule has 12 heteroatoms. The number of carbonyl (C=O) groups is 3. The summed E-state index contributed by atoms with van der Waals surface area (Å²) in [5, 5.41) is -5.06. The molecule has 9 rings (SSSR count). The van der Waals surface area contributed by atoms with Gasteiger partial charge in [-0.15, -0.1) is 0 Å². The molecular weight excluding hydrogens is 598 g/mol. The van der Waals surface area contributed by atoms with Crippen molar-refractivity contribution in [2.45, 2.75) is 126 Å². The van der Waals surface area contributed by atoms with Crippen LogP contribution in [0.25, 0.3) is 0 Å². The van der Waals surface area contributed by atoms with E-state index in [1.165, 1.54) is 6.42 Å². The lowest BCUT2D eigenvalue weighted by Gasteiger charge is -2.60. The Hall–Kier alpha value is -1.82. The first-order valence-corrected chi connectivity index (χ1v) is 18.2. The van der Waals surface area contributed by atoms with Gasteiger partial charge in [-0.1, -0.05) is 19.8 Å². The van der Waals surface area contributed by atoms with Crippen molar-refractivity contribution in [1.82, 2.24) is 0 Å². The Kier molecular flexibility index (Phi) is 7.43. The van der Waals surface area contributed by atoms with Gasteiger partial charge in [-0.3, -0.25) is 14.1 Å². The second-order valence-electron chi connectivity index (χ2n) is 15.5. The molecule has 0 aromatic heterocycles. The molecule has 9 fully saturated rings. The number of hydrogen-bond donors (Lipinski definition) is 1. The summed E-state index contributed by atoms with van der Waals surface area (Å²) in [6, 6.07) is 0. The largest absolute Gasteiger partial charge is 0.465 e. The first kappa shape index (κ1) is 30.8. The van der Waals surface area contributed by atoms with Crippen LogP contribution in [-0.2, 0) is 38.7 Å². The van der Waals surface area contributed by atoms with Gasteiger partial charge in [-0.2, -0.15) is 17.2 Å². The highest BCUT2D eigenvalue weighted by Gasteiger charge is 2.63. The van der Waals surface area contributed by atoms with Crippen LogP contribution in [0.1, 0.15) is 103 Å². The maximum absolute atomic E-state index is 14.0. The third kappa shape index (κ3) is 4.90. The van der Waals surface area contributed by atoms with E-state index in [1.807, 2.05) is 0 Å². The molecule has 4 atom stereocenters. The summed E-state index contributed by atoms with van der Waals surface area (Å²) in [7, 11) is -5.97. The average Bonchev–Trinajstić information content (AvgIpc) is 2.95. The molecule has 0 aromatic rings. The minimum Gasteiger partial charge on any atom is -0.462 e. The van der Waals surface area contributed by atoms with Crippen LogP contribution in [0.15, 0.2) is 0 Å². The molecule has 0 saturated heterocycles. The summed E-state index contributed by atoms with van der Waals surface area (Å²) < 4.78 is 77.0. The van der Waals surface area contributed by atoms with Crippen LogP contribution in [0.3, 0.4) is 0 Å². The number of rotatable bonds is 8. The van der Waals surface area contributed by atoms with Gasteiger partial charge in [-0.05, 0) is 113 Å². The van der Waals surface area contributed by atoms with Crippen molar-refractivity contribution in [2.75, 3.05) is 0 Å². The zero-order valence-electron chi connectivity index (χ0n) is 25.3. The molecule has 0 amide bonds. The molecule has 0 radical (unpaired) electrons. The van der Waals surface area contributed by atoms with E-state index >= 15 is 0 Å². The number of carbonyl (C=O) groups excluding carboxylic acids is 3. The fraction of sp³-hybridized carbons (Fsp3) is 0.906. The molecule has 246 valence electrons. The Labute approximate surface area is 257 Å². The maximum atomic E-state index is 14.0. The third-order valence-electron chi connectivity index (χ3n) is 13.0. The zero-order valence-corrected chi connectivity index (χ0v) is 26.1. The standard InChI is InChI=1S/C32H44F2O9S/c1-2-31(22-10-17-7-18(12-22)13-23(31)11-17)42-28(36)25-6-4-3-5-24(25)27(35)41-26-20-8-19-9-21(26)16-30(14-19,15-20)43-29(37)32(33,34)44(38,39)40/h17-26H,2-16H2,1H3,(H,38,39,40). The van der Waals surface area contributed by atoms with Gasteiger partial charge < -0.3 is 14.2 Å². The molecule has 9 aliphatic rings. The quantitative estimate of drug-likeness (QED) is 0.208. The molecule has 1 N–H and O–H groups in total. The van der Waals surface area contributed by atoms with Crippen molar-refractivity contribution < 1.29 is 50.3 Å². The van der Waals surface area contributed by atoms with E-state index in [4.69, 9.17) is 18.8 Å². The van der Waals surface area contributed by atoms with Crippen LogP contribution in [0.5, 0.6) is 0 Å². The summed E-state index contributed by atoms with van der Waals surface area (Å²) in [6.07, 6.45) is 10.9. The van der Waals surface area contributed by atoms with Crippen molar-refractivity contribution in [3.63, 3.8) is 0 Å². The lowest BCUT2D eigenvalue weighted by Crippen LogP contribution is -2.61. The Morgan fingerprint density at radius 3 is 1.86 bits per heavy atom. The van der Waals surface area contributed by atoms with Gasteiger partial charge in [0, 0.05) is 11.8 Å². The Balaban J connectivity index is 1.03. The smallest absolute Gasteiger partial charge is 0.462 e. The molecule has 9 saturated carbocycles. The highest BCUT2D eigenvalue weighted by atomic mass is 32.2. The minimum atomic E-state index is -5.97. The van der Waals surface area contributed by atoms with Crippen LogP contribution < -0.4 is 0 Å². The Morgan fingerprint density at radius 1 is 0.795 bits per heavy atom. The fourth-order valence-corrected chi connectivity index (χ4v) is 11.8. The fourth-order valence-electron chi connectivity index (χ4n) is 11.6. The summed E-state index contributed by atoms with van der Waals surface area (Å²) in [6.45, 7) is 2.13. The van der Waals surface area contributed by atoms with Crippen LogP contribution in [0.4, 0.5) is 8.78 Å². The van der Waals surface area contributed by atoms with E-state index in [0.717, 1.165) is 56.8 Å². The summed E-state index contributed by atoms with van der Waals surface area (Å²) in [5.74, 6) is -2.22. The predicted molar refractivity (Wildman–Crippen MR) is 150 cm³/mol. The molecule has 8 bridgehead atoms. The van der Waals surface area contributed by atoms with Crippen molar-refractivity contribution in [1.29, 1.82) is 0 Å². The van der Waals surface area contributed by atoms with E-state index in [0.29, 0.717) is 43.9 Å². The van der Waals surface area contributed by atoms with Gasteiger partial charge in [0.2, 0.25) is 0 Å². The second kappa shape index (κ2) is 10.6. The number of alkyl halides is 2. The number of halogens is 2. The Morgan fingerprint density at radius 2 is 1.34 bits per heavy atom. The Bertz CT molecular complexity index is 1270. The van der Waals surface area contributed by atoms with Gasteiger partial charge in [0.05, 0.1) is 11.8 Å². The van der Waals surface area contributed by atoms with Crippen molar-refractivity contribution in [2.24, 2.45) is 53.3 Å². The van der Waals surface area contributed by atoms with Gasteiger partial charge in [-0.25, -0.2) is 4.79 Å². The molecule has 0 aliphatic heterocycles. The summed E-state index contributed by atoms with van der Waals surface area (Å²) >= 11 is 0. The molecule has 44 heavy (non-hydrogen) atoms. The lowest BCUT2D eigenvalue weighted by atomic mass is 9.49. The first-order chi connectivity index (χ1) is 20.7. The minimum absolute atomic E-state index is 0.0678. The molecule has 0 spiro atoms. The van der Waals surface area contributed by atoms with Crippen molar-refractivity contribution in [3.8, 4) is 0 Å². The highest BCUT2D eigenvalue weighted by Crippen LogP contribution is 2.61. The van der Waals surface area contributed by atoms with Gasteiger partial charge in [0.25, 0.3) is 0 Å². The van der Waals surface area contributed by atoms with E-state index in [2.05, 4.69) is 6.92 Å². The maximum Gasteiger partial charge on any atom is 0.465 e. The first-order valence-electron chi connectivity index (χ1n) is 16.7. The summed E-state index contributed by atoms with van der Waals surface area (Å²) in [5.41, 5.74) is -1.72. The molecule has 0 aromatic carbocycles. The molecule has 4 unspecified atom stereocenters. The van der Waals surface area contributed by atoms with Crippen molar-refractivity contribution in [3.05, 3.63) is 0 Å². The third-order valence-corrected chi connectivity index (χ3v) is 13.8.